The molecule has 3 saturated heterocycles. The van der Waals surface area contributed by atoms with E-state index in [1.807, 2.05) is 18.4 Å². The largest absolute Gasteiger partial charge is 0.371 e. The molecule has 5 heterocycles. The maximum atomic E-state index is 6.10. The molecule has 0 radical (unpaired) electrons. The first-order valence-electron chi connectivity index (χ1n) is 9.98. The van der Waals surface area contributed by atoms with E-state index in [1.165, 1.54) is 6.33 Å². The fourth-order valence-electron chi connectivity index (χ4n) is 4.59. The SMILES string of the molecule is C#C[C@H]1O[C@@H](n2cnc3c(C4OCCCC4CN)ncnc32)[C@@H]2OC(C)(C)O[C@@H]21. The lowest BCUT2D eigenvalue weighted by Crippen LogP contribution is -2.29. The van der Waals surface area contributed by atoms with Crippen LogP contribution in [-0.4, -0.2) is 56.8 Å². The predicted octanol–water partition coefficient (Wildman–Crippen LogP) is 1.30. The van der Waals surface area contributed by atoms with Crippen molar-refractivity contribution < 1.29 is 18.9 Å². The first-order valence-corrected chi connectivity index (χ1v) is 9.98. The van der Waals surface area contributed by atoms with Crippen molar-refractivity contribution in [3.8, 4) is 12.3 Å². The third-order valence-corrected chi connectivity index (χ3v) is 5.87. The highest BCUT2D eigenvalue weighted by Crippen LogP contribution is 2.44. The molecule has 0 saturated carbocycles. The Labute approximate surface area is 168 Å². The lowest BCUT2D eigenvalue weighted by Gasteiger charge is -2.30. The molecule has 9 nitrogen and oxygen atoms in total. The van der Waals surface area contributed by atoms with Gasteiger partial charge in [-0.2, -0.15) is 0 Å². The minimum Gasteiger partial charge on any atom is -0.371 e. The van der Waals surface area contributed by atoms with Crippen molar-refractivity contribution in [3.05, 3.63) is 18.3 Å². The summed E-state index contributed by atoms with van der Waals surface area (Å²) < 4.78 is 26.0. The number of fused-ring (bicyclic) bond motifs is 2. The van der Waals surface area contributed by atoms with Gasteiger partial charge in [0.15, 0.2) is 17.7 Å². The number of hydrogen-bond donors (Lipinski definition) is 1. The van der Waals surface area contributed by atoms with Crippen molar-refractivity contribution in [1.29, 1.82) is 0 Å². The summed E-state index contributed by atoms with van der Waals surface area (Å²) in [7, 11) is 0. The van der Waals surface area contributed by atoms with Crippen molar-refractivity contribution in [1.82, 2.24) is 19.5 Å². The number of rotatable bonds is 3. The number of hydrogen-bond acceptors (Lipinski definition) is 8. The Kier molecular flexibility index (Phi) is 4.57. The van der Waals surface area contributed by atoms with Crippen molar-refractivity contribution in [2.24, 2.45) is 11.7 Å². The van der Waals surface area contributed by atoms with E-state index in [4.69, 9.17) is 31.1 Å². The number of nitrogens with zero attached hydrogens (tertiary/aromatic N) is 4. The van der Waals surface area contributed by atoms with Gasteiger partial charge < -0.3 is 24.7 Å². The topological polar surface area (TPSA) is 107 Å². The monoisotopic (exact) mass is 399 g/mol. The second kappa shape index (κ2) is 7.00. The van der Waals surface area contributed by atoms with Crippen LogP contribution in [0.3, 0.4) is 0 Å². The lowest BCUT2D eigenvalue weighted by molar-refractivity contribution is -0.190. The van der Waals surface area contributed by atoms with Gasteiger partial charge in [-0.25, -0.2) is 15.0 Å². The van der Waals surface area contributed by atoms with Crippen molar-refractivity contribution in [2.75, 3.05) is 13.2 Å². The van der Waals surface area contributed by atoms with Crippen molar-refractivity contribution in [3.63, 3.8) is 0 Å². The summed E-state index contributed by atoms with van der Waals surface area (Å²) in [5.74, 6) is 2.14. The van der Waals surface area contributed by atoms with E-state index < -0.39 is 18.1 Å². The summed E-state index contributed by atoms with van der Waals surface area (Å²) in [4.78, 5) is 13.6. The quantitative estimate of drug-likeness (QED) is 0.770. The molecule has 0 aromatic carbocycles. The van der Waals surface area contributed by atoms with Gasteiger partial charge in [0, 0.05) is 12.5 Å². The van der Waals surface area contributed by atoms with E-state index in [9.17, 15) is 0 Å². The average molecular weight is 399 g/mol. The minimum atomic E-state index is -0.729. The Morgan fingerprint density at radius 2 is 2.10 bits per heavy atom. The molecular weight excluding hydrogens is 374 g/mol. The standard InChI is InChI=1S/C20H25N5O4/c1-4-12-16-17(29-20(2,3)28-16)19(27-12)25-10-24-14-13(22-9-23-18(14)25)15-11(8-21)6-5-7-26-15/h1,9-12,15-17,19H,5-8,21H2,2-3H3/t11?,12-,15?,16-,17-,19-/m1/s1. The maximum Gasteiger partial charge on any atom is 0.167 e. The molecule has 6 atom stereocenters. The summed E-state index contributed by atoms with van der Waals surface area (Å²) >= 11 is 0. The molecule has 0 spiro atoms. The van der Waals surface area contributed by atoms with E-state index >= 15 is 0 Å². The van der Waals surface area contributed by atoms with Crippen LogP contribution in [0.15, 0.2) is 12.7 Å². The molecule has 3 aliphatic rings. The summed E-state index contributed by atoms with van der Waals surface area (Å²) in [6, 6.07) is 0. The lowest BCUT2D eigenvalue weighted by atomic mass is 9.92. The fourth-order valence-corrected chi connectivity index (χ4v) is 4.59. The number of imidazole rings is 1. The van der Waals surface area contributed by atoms with Gasteiger partial charge in [0.2, 0.25) is 0 Å². The Morgan fingerprint density at radius 1 is 1.28 bits per heavy atom. The summed E-state index contributed by atoms with van der Waals surface area (Å²) in [6.45, 7) is 4.97. The third-order valence-electron chi connectivity index (χ3n) is 5.87. The Morgan fingerprint density at radius 3 is 2.90 bits per heavy atom. The summed E-state index contributed by atoms with van der Waals surface area (Å²) in [5, 5.41) is 0. The van der Waals surface area contributed by atoms with E-state index in [1.54, 1.807) is 6.33 Å². The molecule has 2 N–H and O–H groups in total. The second-order valence-electron chi connectivity index (χ2n) is 8.19. The molecule has 29 heavy (non-hydrogen) atoms. The van der Waals surface area contributed by atoms with Gasteiger partial charge in [-0.15, -0.1) is 6.42 Å². The van der Waals surface area contributed by atoms with Crippen LogP contribution in [-0.2, 0) is 18.9 Å². The van der Waals surface area contributed by atoms with Crippen LogP contribution in [0.5, 0.6) is 0 Å². The normalized spacial score (nSPS) is 36.2. The Balaban J connectivity index is 1.53. The molecule has 3 fully saturated rings. The van der Waals surface area contributed by atoms with Gasteiger partial charge in [0.25, 0.3) is 0 Å². The van der Waals surface area contributed by atoms with Gasteiger partial charge in [0.05, 0.1) is 6.33 Å². The third kappa shape index (κ3) is 3.03. The number of terminal acetylenes is 1. The smallest absolute Gasteiger partial charge is 0.167 e. The van der Waals surface area contributed by atoms with Crippen LogP contribution < -0.4 is 5.73 Å². The van der Waals surface area contributed by atoms with Crippen LogP contribution in [0.25, 0.3) is 11.2 Å². The molecule has 9 heteroatoms. The molecule has 0 aliphatic carbocycles. The van der Waals surface area contributed by atoms with Gasteiger partial charge in [-0.3, -0.25) is 4.57 Å². The zero-order valence-electron chi connectivity index (χ0n) is 16.5. The average Bonchev–Trinajstić information content (AvgIpc) is 3.38. The zero-order chi connectivity index (χ0) is 20.2. The van der Waals surface area contributed by atoms with Gasteiger partial charge in [-0.05, 0) is 33.2 Å². The fraction of sp³-hybridized carbons (Fsp3) is 0.650. The second-order valence-corrected chi connectivity index (χ2v) is 8.19. The molecule has 154 valence electrons. The minimum absolute atomic E-state index is 0.191. The highest BCUT2D eigenvalue weighted by molar-refractivity contribution is 5.73. The maximum absolute atomic E-state index is 6.10. The number of ether oxygens (including phenoxy) is 4. The van der Waals surface area contributed by atoms with Crippen LogP contribution in [0.1, 0.15) is 44.7 Å². The first kappa shape index (κ1) is 18.9. The number of aromatic nitrogens is 4. The molecule has 0 bridgehead atoms. The van der Waals surface area contributed by atoms with Crippen molar-refractivity contribution in [2.45, 2.75) is 63.1 Å². The molecule has 2 aromatic heterocycles. The van der Waals surface area contributed by atoms with Crippen LogP contribution in [0.4, 0.5) is 0 Å². The van der Waals surface area contributed by atoms with E-state index in [0.29, 0.717) is 24.3 Å². The number of nitrogens with two attached hydrogens (primary N) is 1. The zero-order valence-corrected chi connectivity index (χ0v) is 16.5. The Bertz CT molecular complexity index is 954. The molecule has 5 rings (SSSR count). The Hall–Kier alpha value is -2.09. The van der Waals surface area contributed by atoms with Crippen LogP contribution >= 0.6 is 0 Å². The van der Waals surface area contributed by atoms with Crippen molar-refractivity contribution >= 4 is 11.2 Å². The van der Waals surface area contributed by atoms with E-state index in [0.717, 1.165) is 18.5 Å². The van der Waals surface area contributed by atoms with Gasteiger partial charge >= 0.3 is 0 Å². The molecular formula is C20H25N5O4. The van der Waals surface area contributed by atoms with E-state index in [2.05, 4.69) is 20.9 Å². The highest BCUT2D eigenvalue weighted by Gasteiger charge is 2.55. The molecule has 2 unspecified atom stereocenters. The van der Waals surface area contributed by atoms with Gasteiger partial charge in [0.1, 0.15) is 42.0 Å². The summed E-state index contributed by atoms with van der Waals surface area (Å²) in [5.41, 5.74) is 8.06. The van der Waals surface area contributed by atoms with Gasteiger partial charge in [-0.1, -0.05) is 5.92 Å². The predicted molar refractivity (Wildman–Crippen MR) is 102 cm³/mol. The molecule has 3 aliphatic heterocycles. The van der Waals surface area contributed by atoms with Crippen LogP contribution in [0.2, 0.25) is 0 Å². The molecule has 2 aromatic rings. The van der Waals surface area contributed by atoms with E-state index in [-0.39, 0.29) is 24.2 Å². The highest BCUT2D eigenvalue weighted by atomic mass is 16.8. The van der Waals surface area contributed by atoms with Crippen LogP contribution in [0, 0.1) is 18.3 Å². The molecule has 0 amide bonds. The summed E-state index contributed by atoms with van der Waals surface area (Å²) in [6.07, 6.45) is 9.01. The first-order chi connectivity index (χ1) is 14.0.